The van der Waals surface area contributed by atoms with Crippen LogP contribution in [0.15, 0.2) is 47.4 Å². The molecule has 5 N–H and O–H groups in total. The summed E-state index contributed by atoms with van der Waals surface area (Å²) in [6.45, 7) is 5.34. The largest absolute Gasteiger partial charge is 0.405 e. The highest BCUT2D eigenvalue weighted by molar-refractivity contribution is 8.13. The Morgan fingerprint density at radius 1 is 1.21 bits per heavy atom. The molecule has 43 heavy (non-hydrogen) atoms. The topological polar surface area (TPSA) is 199 Å². The maximum Gasteiger partial charge on any atom is 0.405 e. The van der Waals surface area contributed by atoms with Crippen LogP contribution >= 0.6 is 19.5 Å². The highest BCUT2D eigenvalue weighted by atomic mass is 32.2. The molecule has 1 unspecified atom stereocenters. The van der Waals surface area contributed by atoms with Gasteiger partial charge < -0.3 is 25.4 Å². The van der Waals surface area contributed by atoms with Crippen molar-refractivity contribution >= 4 is 36.3 Å². The SMILES string of the molecule is CC(=O)Nc1ccn([C@@H]2O[C@H](CCOP(=O)(NCc3ccccc3)OCCSC(=O)C(C)(C)CO)[C@@H](O)[C@@]2(C)O)c(=O)n1. The zero-order valence-corrected chi connectivity index (χ0v) is 26.2. The quantitative estimate of drug-likeness (QED) is 0.139. The van der Waals surface area contributed by atoms with Crippen LogP contribution in [0.25, 0.3) is 0 Å². The standard InChI is InChI=1S/C27H39N4O10PS/c1-18(33)29-21-10-12-31(25(36)30-21)23-27(4,37)22(34)20(41-23)11-13-39-42(38,28-16-19-8-6-5-7-9-19)40-14-15-43-24(35)26(2,3)17-32/h5-10,12,20,22-23,32,34,37H,11,13-17H2,1-4H3,(H,28,38)(H,29,30,33,36)/t20-,22-,23-,27-,42?/m1/s1. The molecule has 0 aliphatic carbocycles. The Kier molecular flexibility index (Phi) is 12.2. The van der Waals surface area contributed by atoms with Crippen molar-refractivity contribution in [2.45, 2.75) is 64.7 Å². The number of hydrogen-bond acceptors (Lipinski definition) is 12. The van der Waals surface area contributed by atoms with Crippen molar-refractivity contribution in [3.05, 3.63) is 58.6 Å². The summed E-state index contributed by atoms with van der Waals surface area (Å²) in [4.78, 5) is 39.9. The van der Waals surface area contributed by atoms with Crippen molar-refractivity contribution in [2.24, 2.45) is 5.41 Å². The minimum atomic E-state index is -3.92. The zero-order chi connectivity index (χ0) is 31.8. The van der Waals surface area contributed by atoms with Gasteiger partial charge in [0.05, 0.1) is 31.3 Å². The van der Waals surface area contributed by atoms with Crippen LogP contribution in [0, 0.1) is 5.41 Å². The van der Waals surface area contributed by atoms with Crippen LogP contribution in [0.3, 0.4) is 0 Å². The molecule has 16 heteroatoms. The van der Waals surface area contributed by atoms with Crippen molar-refractivity contribution in [2.75, 3.05) is 30.9 Å². The minimum absolute atomic E-state index is 0.0236. The lowest BCUT2D eigenvalue weighted by Gasteiger charge is -2.27. The first-order valence-corrected chi connectivity index (χ1v) is 16.1. The number of nitrogens with one attached hydrogen (secondary N) is 2. The van der Waals surface area contributed by atoms with E-state index >= 15 is 0 Å². The highest BCUT2D eigenvalue weighted by Gasteiger charge is 2.53. The Hall–Kier alpha value is -2.46. The monoisotopic (exact) mass is 642 g/mol. The van der Waals surface area contributed by atoms with Gasteiger partial charge in [0.1, 0.15) is 17.5 Å². The summed E-state index contributed by atoms with van der Waals surface area (Å²) in [5, 5.41) is 36.2. The maximum absolute atomic E-state index is 13.6. The van der Waals surface area contributed by atoms with E-state index in [1.807, 2.05) is 30.3 Å². The third-order valence-corrected chi connectivity index (χ3v) is 9.43. The average Bonchev–Trinajstić information content (AvgIpc) is 3.18. The molecule has 5 atom stereocenters. The fraction of sp³-hybridized carbons (Fsp3) is 0.556. The number of aliphatic hydroxyl groups excluding tert-OH is 2. The number of aromatic nitrogens is 2. The summed E-state index contributed by atoms with van der Waals surface area (Å²) >= 11 is 0.948. The van der Waals surface area contributed by atoms with Crippen molar-refractivity contribution in [1.29, 1.82) is 0 Å². The molecule has 238 valence electrons. The molecule has 0 radical (unpaired) electrons. The molecule has 2 heterocycles. The van der Waals surface area contributed by atoms with Gasteiger partial charge in [-0.3, -0.25) is 23.2 Å². The summed E-state index contributed by atoms with van der Waals surface area (Å²) < 4.78 is 31.6. The van der Waals surface area contributed by atoms with Gasteiger partial charge in [-0.05, 0) is 32.4 Å². The number of nitrogens with zero attached hydrogens (tertiary/aromatic N) is 2. The molecule has 1 amide bonds. The molecule has 1 aliphatic heterocycles. The van der Waals surface area contributed by atoms with Crippen molar-refractivity contribution < 1.29 is 43.3 Å². The predicted octanol–water partition coefficient (Wildman–Crippen LogP) is 1.81. The lowest BCUT2D eigenvalue weighted by Crippen LogP contribution is -2.46. The number of aliphatic hydroxyl groups is 3. The number of hydrogen-bond donors (Lipinski definition) is 5. The molecular formula is C27H39N4O10PS. The van der Waals surface area contributed by atoms with Crippen LogP contribution in [-0.2, 0) is 34.5 Å². The van der Waals surface area contributed by atoms with E-state index in [9.17, 15) is 34.3 Å². The number of benzene rings is 1. The molecule has 0 bridgehead atoms. The van der Waals surface area contributed by atoms with Crippen LogP contribution in [0.1, 0.15) is 45.9 Å². The number of amides is 1. The minimum Gasteiger partial charge on any atom is -0.395 e. The number of carbonyl (C=O) groups is 2. The van der Waals surface area contributed by atoms with Crippen LogP contribution in [0.4, 0.5) is 5.82 Å². The molecule has 1 aromatic heterocycles. The molecule has 1 aromatic carbocycles. The van der Waals surface area contributed by atoms with Gasteiger partial charge in [0.25, 0.3) is 0 Å². The van der Waals surface area contributed by atoms with E-state index in [4.69, 9.17) is 13.8 Å². The fourth-order valence-corrected chi connectivity index (χ4v) is 6.31. The molecule has 14 nitrogen and oxygen atoms in total. The third kappa shape index (κ3) is 9.51. The summed E-state index contributed by atoms with van der Waals surface area (Å²) in [5.41, 5.74) is -2.82. The first-order chi connectivity index (χ1) is 20.2. The molecule has 1 saturated heterocycles. The summed E-state index contributed by atoms with van der Waals surface area (Å²) in [7, 11) is -3.92. The third-order valence-electron chi connectivity index (χ3n) is 6.65. The van der Waals surface area contributed by atoms with Gasteiger partial charge in [-0.1, -0.05) is 42.1 Å². The number of rotatable bonds is 15. The van der Waals surface area contributed by atoms with Gasteiger partial charge in [-0.2, -0.15) is 4.98 Å². The first-order valence-electron chi connectivity index (χ1n) is 13.6. The van der Waals surface area contributed by atoms with E-state index < -0.39 is 48.8 Å². The number of thioether (sulfide) groups is 1. The van der Waals surface area contributed by atoms with Crippen LogP contribution in [-0.4, -0.2) is 79.3 Å². The lowest BCUT2D eigenvalue weighted by molar-refractivity contribution is -0.120. The summed E-state index contributed by atoms with van der Waals surface area (Å²) in [5.74, 6) is -0.224. The second-order valence-electron chi connectivity index (χ2n) is 10.8. The Balaban J connectivity index is 1.64. The van der Waals surface area contributed by atoms with Gasteiger partial charge >= 0.3 is 13.4 Å². The van der Waals surface area contributed by atoms with Crippen LogP contribution < -0.4 is 16.1 Å². The highest BCUT2D eigenvalue weighted by Crippen LogP contribution is 2.45. The van der Waals surface area contributed by atoms with Gasteiger partial charge in [-0.25, -0.2) is 14.4 Å². The molecular weight excluding hydrogens is 603 g/mol. The van der Waals surface area contributed by atoms with Gasteiger partial charge in [-0.15, -0.1) is 0 Å². The zero-order valence-electron chi connectivity index (χ0n) is 24.5. The number of ether oxygens (including phenoxy) is 1. The van der Waals surface area contributed by atoms with Gasteiger partial charge in [0, 0.05) is 31.8 Å². The molecule has 0 saturated carbocycles. The van der Waals surface area contributed by atoms with E-state index in [-0.39, 0.29) is 49.5 Å². The molecule has 0 spiro atoms. The molecule has 1 fully saturated rings. The second kappa shape index (κ2) is 15.0. The van der Waals surface area contributed by atoms with E-state index in [2.05, 4.69) is 15.4 Å². The van der Waals surface area contributed by atoms with Gasteiger partial charge in [0.2, 0.25) is 5.91 Å². The Morgan fingerprint density at radius 2 is 1.88 bits per heavy atom. The molecule has 1 aliphatic rings. The van der Waals surface area contributed by atoms with Crippen LogP contribution in [0.2, 0.25) is 0 Å². The maximum atomic E-state index is 13.6. The van der Waals surface area contributed by atoms with E-state index in [0.29, 0.717) is 0 Å². The molecule has 3 rings (SSSR count). The van der Waals surface area contributed by atoms with Crippen molar-refractivity contribution in [1.82, 2.24) is 14.6 Å². The smallest absolute Gasteiger partial charge is 0.395 e. The summed E-state index contributed by atoms with van der Waals surface area (Å²) in [6, 6.07) is 10.5. The Labute approximate surface area is 253 Å². The first kappa shape index (κ1) is 35.0. The molecule has 2 aromatic rings. The summed E-state index contributed by atoms with van der Waals surface area (Å²) in [6.07, 6.45) is -2.52. The number of anilines is 1. The van der Waals surface area contributed by atoms with Crippen molar-refractivity contribution in [3.63, 3.8) is 0 Å². The van der Waals surface area contributed by atoms with E-state index in [1.165, 1.54) is 26.1 Å². The van der Waals surface area contributed by atoms with E-state index in [1.54, 1.807) is 13.8 Å². The fourth-order valence-electron chi connectivity index (χ4n) is 4.07. The normalized spacial score (nSPS) is 23.6. The average molecular weight is 643 g/mol. The Bertz CT molecular complexity index is 1360. The van der Waals surface area contributed by atoms with E-state index in [0.717, 1.165) is 21.9 Å². The lowest BCUT2D eigenvalue weighted by atomic mass is 9.95. The number of carbonyl (C=O) groups excluding carboxylic acids is 2. The second-order valence-corrected chi connectivity index (χ2v) is 13.7. The van der Waals surface area contributed by atoms with Crippen LogP contribution in [0.5, 0.6) is 0 Å². The Morgan fingerprint density at radius 3 is 2.51 bits per heavy atom. The predicted molar refractivity (Wildman–Crippen MR) is 159 cm³/mol. The van der Waals surface area contributed by atoms with Crippen molar-refractivity contribution in [3.8, 4) is 0 Å². The van der Waals surface area contributed by atoms with Gasteiger partial charge in [0.15, 0.2) is 11.3 Å².